The molecule has 2 heterocycles. The number of ether oxygens (including phenoxy) is 1. The summed E-state index contributed by atoms with van der Waals surface area (Å²) in [6, 6.07) is 7.42. The number of aromatic nitrogens is 2. The summed E-state index contributed by atoms with van der Waals surface area (Å²) in [6.45, 7) is 5.28. The maximum atomic E-state index is 12.8. The number of rotatable bonds is 4. The van der Waals surface area contributed by atoms with Crippen molar-refractivity contribution in [3.8, 4) is 5.75 Å². The molecule has 1 N–H and O–H groups in total. The Balaban J connectivity index is 1.79. The zero-order chi connectivity index (χ0) is 16.2. The van der Waals surface area contributed by atoms with E-state index in [1.54, 1.807) is 19.4 Å². The van der Waals surface area contributed by atoms with E-state index in [2.05, 4.69) is 21.8 Å². The number of nitrogens with zero attached hydrogens (tertiary/aromatic N) is 3. The lowest BCUT2D eigenvalue weighted by Gasteiger charge is -2.40. The number of likely N-dealkylation sites (N-methyl/N-ethyl adjacent to an activating group) is 1. The van der Waals surface area contributed by atoms with Gasteiger partial charge in [0.2, 0.25) is 0 Å². The topological polar surface area (TPSA) is 61.5 Å². The number of aromatic amines is 1. The lowest BCUT2D eigenvalue weighted by molar-refractivity contribution is 0.0479. The average molecular weight is 314 g/mol. The van der Waals surface area contributed by atoms with Gasteiger partial charge >= 0.3 is 0 Å². The van der Waals surface area contributed by atoms with Gasteiger partial charge in [-0.3, -0.25) is 9.69 Å². The van der Waals surface area contributed by atoms with Crippen molar-refractivity contribution in [3.05, 3.63) is 48.0 Å². The molecule has 2 aromatic rings. The van der Waals surface area contributed by atoms with E-state index in [1.165, 1.54) is 0 Å². The Hall–Kier alpha value is -2.34. The van der Waals surface area contributed by atoms with E-state index in [0.29, 0.717) is 17.9 Å². The van der Waals surface area contributed by atoms with Crippen LogP contribution >= 0.6 is 0 Å². The first-order chi connectivity index (χ1) is 11.2. The molecule has 0 spiro atoms. The van der Waals surface area contributed by atoms with Gasteiger partial charge in [0.25, 0.3) is 5.91 Å². The fourth-order valence-electron chi connectivity index (χ4n) is 3.04. The van der Waals surface area contributed by atoms with Gasteiger partial charge in [-0.15, -0.1) is 0 Å². The van der Waals surface area contributed by atoms with Crippen LogP contribution in [0.25, 0.3) is 0 Å². The number of hydrogen-bond acceptors (Lipinski definition) is 4. The molecule has 6 heteroatoms. The standard InChI is InChI=1S/C17H22N4O2/c1-3-20-9-10-21(12-15(20)16-18-7-8-19-16)17(22)13-5-4-6-14(11-13)23-2/h4-8,11,15H,3,9-10,12H2,1-2H3,(H,18,19)/t15-/m1/s1. The number of H-pyrrole nitrogens is 1. The van der Waals surface area contributed by atoms with Crippen LogP contribution in [0.2, 0.25) is 0 Å². The third-order valence-electron chi connectivity index (χ3n) is 4.34. The molecule has 0 radical (unpaired) electrons. The van der Waals surface area contributed by atoms with E-state index < -0.39 is 0 Å². The number of carbonyl (C=O) groups excluding carboxylic acids is 1. The summed E-state index contributed by atoms with van der Waals surface area (Å²) in [4.78, 5) is 24.6. The highest BCUT2D eigenvalue weighted by Gasteiger charge is 2.31. The Kier molecular flexibility index (Phi) is 4.62. The number of amides is 1. The summed E-state index contributed by atoms with van der Waals surface area (Å²) in [7, 11) is 1.61. The van der Waals surface area contributed by atoms with Gasteiger partial charge in [0.1, 0.15) is 11.6 Å². The SMILES string of the molecule is CCN1CCN(C(=O)c2cccc(OC)c2)C[C@@H]1c1ncc[nH]1. The highest BCUT2D eigenvalue weighted by atomic mass is 16.5. The second kappa shape index (κ2) is 6.83. The van der Waals surface area contributed by atoms with Gasteiger partial charge in [0, 0.05) is 37.6 Å². The van der Waals surface area contributed by atoms with Crippen LogP contribution in [0, 0.1) is 0 Å². The van der Waals surface area contributed by atoms with Crippen LogP contribution in [0.3, 0.4) is 0 Å². The highest BCUT2D eigenvalue weighted by molar-refractivity contribution is 5.94. The Morgan fingerprint density at radius 3 is 3.00 bits per heavy atom. The van der Waals surface area contributed by atoms with Crippen LogP contribution in [0.1, 0.15) is 29.1 Å². The molecular formula is C17H22N4O2. The lowest BCUT2D eigenvalue weighted by Crippen LogP contribution is -2.50. The number of carbonyl (C=O) groups is 1. The van der Waals surface area contributed by atoms with E-state index in [1.807, 2.05) is 29.3 Å². The molecule has 1 aliphatic rings. The van der Waals surface area contributed by atoms with Crippen LogP contribution in [-0.4, -0.2) is 59.0 Å². The molecule has 1 aromatic carbocycles. The molecule has 3 rings (SSSR count). The summed E-state index contributed by atoms with van der Waals surface area (Å²) in [6.07, 6.45) is 3.58. The second-order valence-corrected chi connectivity index (χ2v) is 5.60. The summed E-state index contributed by atoms with van der Waals surface area (Å²) < 4.78 is 5.21. The maximum absolute atomic E-state index is 12.8. The van der Waals surface area contributed by atoms with Crippen molar-refractivity contribution < 1.29 is 9.53 Å². The Bertz CT molecular complexity index is 656. The van der Waals surface area contributed by atoms with E-state index in [0.717, 1.165) is 25.5 Å². The Morgan fingerprint density at radius 2 is 2.30 bits per heavy atom. The number of hydrogen-bond donors (Lipinski definition) is 1. The number of benzene rings is 1. The Labute approximate surface area is 136 Å². The van der Waals surface area contributed by atoms with Gasteiger partial charge in [-0.25, -0.2) is 4.98 Å². The van der Waals surface area contributed by atoms with Crippen molar-refractivity contribution in [2.75, 3.05) is 33.3 Å². The molecule has 1 aromatic heterocycles. The molecule has 1 atom stereocenters. The van der Waals surface area contributed by atoms with E-state index in [9.17, 15) is 4.79 Å². The molecule has 0 aliphatic carbocycles. The summed E-state index contributed by atoms with van der Waals surface area (Å²) >= 11 is 0. The van der Waals surface area contributed by atoms with Gasteiger partial charge in [0.05, 0.1) is 13.2 Å². The minimum absolute atomic E-state index is 0.0382. The monoisotopic (exact) mass is 314 g/mol. The number of methoxy groups -OCH3 is 1. The fraction of sp³-hybridized carbons (Fsp3) is 0.412. The molecule has 1 amide bonds. The van der Waals surface area contributed by atoms with Crippen molar-refractivity contribution >= 4 is 5.91 Å². The molecule has 1 saturated heterocycles. The largest absolute Gasteiger partial charge is 0.497 e. The molecule has 122 valence electrons. The number of nitrogens with one attached hydrogen (secondary N) is 1. The summed E-state index contributed by atoms with van der Waals surface area (Å²) in [5.74, 6) is 1.65. The third kappa shape index (κ3) is 3.22. The van der Waals surface area contributed by atoms with E-state index in [4.69, 9.17) is 4.74 Å². The van der Waals surface area contributed by atoms with Crippen molar-refractivity contribution in [2.24, 2.45) is 0 Å². The highest BCUT2D eigenvalue weighted by Crippen LogP contribution is 2.24. The first kappa shape index (κ1) is 15.6. The Morgan fingerprint density at radius 1 is 1.43 bits per heavy atom. The molecule has 0 unspecified atom stereocenters. The second-order valence-electron chi connectivity index (χ2n) is 5.60. The minimum atomic E-state index is 0.0382. The molecule has 0 bridgehead atoms. The number of imidazole rings is 1. The van der Waals surface area contributed by atoms with Crippen LogP contribution in [-0.2, 0) is 0 Å². The van der Waals surface area contributed by atoms with E-state index in [-0.39, 0.29) is 11.9 Å². The third-order valence-corrected chi connectivity index (χ3v) is 4.34. The molecule has 23 heavy (non-hydrogen) atoms. The van der Waals surface area contributed by atoms with Crippen molar-refractivity contribution in [3.63, 3.8) is 0 Å². The zero-order valence-electron chi connectivity index (χ0n) is 13.5. The molecule has 0 saturated carbocycles. The number of piperazine rings is 1. The summed E-state index contributed by atoms with van der Waals surface area (Å²) in [5.41, 5.74) is 0.660. The average Bonchev–Trinajstić information content (AvgIpc) is 3.15. The fourth-order valence-corrected chi connectivity index (χ4v) is 3.04. The van der Waals surface area contributed by atoms with Gasteiger partial charge in [0.15, 0.2) is 0 Å². The predicted molar refractivity (Wildman–Crippen MR) is 87.5 cm³/mol. The van der Waals surface area contributed by atoms with Crippen molar-refractivity contribution in [1.29, 1.82) is 0 Å². The molecule has 1 fully saturated rings. The lowest BCUT2D eigenvalue weighted by atomic mass is 10.1. The van der Waals surface area contributed by atoms with Gasteiger partial charge in [-0.1, -0.05) is 13.0 Å². The van der Waals surface area contributed by atoms with Crippen LogP contribution in [0.4, 0.5) is 0 Å². The van der Waals surface area contributed by atoms with Crippen molar-refractivity contribution in [1.82, 2.24) is 19.8 Å². The van der Waals surface area contributed by atoms with Crippen LogP contribution < -0.4 is 4.74 Å². The van der Waals surface area contributed by atoms with Crippen LogP contribution in [0.5, 0.6) is 5.75 Å². The first-order valence-electron chi connectivity index (χ1n) is 7.89. The summed E-state index contributed by atoms with van der Waals surface area (Å²) in [5, 5.41) is 0. The molecular weight excluding hydrogens is 292 g/mol. The normalized spacial score (nSPS) is 18.9. The predicted octanol–water partition coefficient (Wildman–Crippen LogP) is 1.94. The van der Waals surface area contributed by atoms with Crippen molar-refractivity contribution in [2.45, 2.75) is 13.0 Å². The quantitative estimate of drug-likeness (QED) is 0.937. The van der Waals surface area contributed by atoms with Gasteiger partial charge in [-0.2, -0.15) is 0 Å². The first-order valence-corrected chi connectivity index (χ1v) is 7.89. The maximum Gasteiger partial charge on any atom is 0.254 e. The smallest absolute Gasteiger partial charge is 0.254 e. The van der Waals surface area contributed by atoms with E-state index >= 15 is 0 Å². The molecule has 6 nitrogen and oxygen atoms in total. The molecule has 1 aliphatic heterocycles. The van der Waals surface area contributed by atoms with Crippen LogP contribution in [0.15, 0.2) is 36.7 Å². The van der Waals surface area contributed by atoms with Gasteiger partial charge in [-0.05, 0) is 24.7 Å². The zero-order valence-corrected chi connectivity index (χ0v) is 13.5. The minimum Gasteiger partial charge on any atom is -0.497 e. The van der Waals surface area contributed by atoms with Gasteiger partial charge < -0.3 is 14.6 Å².